The van der Waals surface area contributed by atoms with Crippen molar-refractivity contribution in [1.29, 1.82) is 0 Å². The summed E-state index contributed by atoms with van der Waals surface area (Å²) in [6.45, 7) is 3.78. The van der Waals surface area contributed by atoms with Gasteiger partial charge in [-0.15, -0.1) is 0 Å². The lowest BCUT2D eigenvalue weighted by molar-refractivity contribution is 0.0466. The molecule has 0 radical (unpaired) electrons. The fourth-order valence-electron chi connectivity index (χ4n) is 2.31. The average molecular weight is 302 g/mol. The highest BCUT2D eigenvalue weighted by Gasteiger charge is 2.28. The smallest absolute Gasteiger partial charge is 0.123 e. The number of hydrogen-bond donors (Lipinski definition) is 1. The number of thioether (sulfide) groups is 1. The SMILES string of the molecule is CCNC(c1cc(Cl)ccc1OC)C1CSCCO1. The van der Waals surface area contributed by atoms with Crippen molar-refractivity contribution in [3.63, 3.8) is 0 Å². The monoisotopic (exact) mass is 301 g/mol. The first-order valence-electron chi connectivity index (χ1n) is 6.52. The maximum absolute atomic E-state index is 6.13. The van der Waals surface area contributed by atoms with Crippen LogP contribution in [0.1, 0.15) is 18.5 Å². The van der Waals surface area contributed by atoms with E-state index in [1.165, 1.54) is 0 Å². The third kappa shape index (κ3) is 3.78. The molecule has 1 aliphatic rings. The standard InChI is InChI=1S/C14H20ClNO2S/c1-3-16-14(13-9-19-7-6-18-13)11-8-10(15)4-5-12(11)17-2/h4-5,8,13-14,16H,3,6-7,9H2,1-2H3. The first-order chi connectivity index (χ1) is 9.26. The summed E-state index contributed by atoms with van der Waals surface area (Å²) >= 11 is 8.06. The first kappa shape index (κ1) is 15.0. The van der Waals surface area contributed by atoms with Crippen molar-refractivity contribution in [2.45, 2.75) is 19.1 Å². The van der Waals surface area contributed by atoms with Gasteiger partial charge in [0.2, 0.25) is 0 Å². The third-order valence-corrected chi connectivity index (χ3v) is 4.42. The normalized spacial score (nSPS) is 21.1. The molecule has 3 nitrogen and oxygen atoms in total. The Labute approximate surface area is 124 Å². The highest BCUT2D eigenvalue weighted by atomic mass is 35.5. The molecule has 2 rings (SSSR count). The molecule has 1 aliphatic heterocycles. The van der Waals surface area contributed by atoms with Crippen molar-refractivity contribution in [1.82, 2.24) is 5.32 Å². The molecule has 106 valence electrons. The zero-order valence-electron chi connectivity index (χ0n) is 11.3. The number of likely N-dealkylation sites (N-methyl/N-ethyl adjacent to an activating group) is 1. The van der Waals surface area contributed by atoms with E-state index in [0.717, 1.165) is 41.0 Å². The van der Waals surface area contributed by atoms with Crippen LogP contribution in [0.5, 0.6) is 5.75 Å². The number of methoxy groups -OCH3 is 1. The molecule has 0 bridgehead atoms. The molecule has 2 atom stereocenters. The molecule has 0 amide bonds. The quantitative estimate of drug-likeness (QED) is 0.905. The van der Waals surface area contributed by atoms with Gasteiger partial charge in [-0.2, -0.15) is 11.8 Å². The van der Waals surface area contributed by atoms with Crippen molar-refractivity contribution < 1.29 is 9.47 Å². The number of ether oxygens (including phenoxy) is 2. The molecule has 1 aromatic carbocycles. The Bertz CT molecular complexity index is 410. The number of nitrogens with one attached hydrogen (secondary N) is 1. The van der Waals surface area contributed by atoms with Crippen LogP contribution >= 0.6 is 23.4 Å². The van der Waals surface area contributed by atoms with Crippen LogP contribution in [-0.4, -0.2) is 37.9 Å². The lowest BCUT2D eigenvalue weighted by Gasteiger charge is -2.31. The largest absolute Gasteiger partial charge is 0.496 e. The second-order valence-electron chi connectivity index (χ2n) is 4.41. The molecule has 0 spiro atoms. The van der Waals surface area contributed by atoms with Gasteiger partial charge in [0.15, 0.2) is 0 Å². The van der Waals surface area contributed by atoms with Gasteiger partial charge in [-0.1, -0.05) is 18.5 Å². The van der Waals surface area contributed by atoms with Gasteiger partial charge in [0.1, 0.15) is 5.75 Å². The predicted octanol–water partition coefficient (Wildman–Crippen LogP) is 3.13. The molecule has 1 saturated heterocycles. The average Bonchev–Trinajstić information content (AvgIpc) is 2.45. The topological polar surface area (TPSA) is 30.5 Å². The minimum absolute atomic E-state index is 0.117. The fourth-order valence-corrected chi connectivity index (χ4v) is 3.39. The highest BCUT2D eigenvalue weighted by molar-refractivity contribution is 7.99. The number of hydrogen-bond acceptors (Lipinski definition) is 4. The summed E-state index contributed by atoms with van der Waals surface area (Å²) in [5.41, 5.74) is 1.07. The van der Waals surface area contributed by atoms with E-state index in [-0.39, 0.29) is 12.1 Å². The van der Waals surface area contributed by atoms with Gasteiger partial charge in [0.25, 0.3) is 0 Å². The molecule has 1 fully saturated rings. The molecule has 0 saturated carbocycles. The number of rotatable bonds is 5. The Kier molecular flexibility index (Phi) is 5.82. The van der Waals surface area contributed by atoms with Crippen LogP contribution in [0.3, 0.4) is 0 Å². The van der Waals surface area contributed by atoms with Gasteiger partial charge >= 0.3 is 0 Å². The second kappa shape index (κ2) is 7.39. The summed E-state index contributed by atoms with van der Waals surface area (Å²) in [6, 6.07) is 5.85. The van der Waals surface area contributed by atoms with Crippen molar-refractivity contribution in [2.75, 3.05) is 31.8 Å². The summed E-state index contributed by atoms with van der Waals surface area (Å²) in [4.78, 5) is 0. The molecule has 2 unspecified atom stereocenters. The molecule has 1 heterocycles. The Morgan fingerprint density at radius 3 is 3.05 bits per heavy atom. The minimum atomic E-state index is 0.117. The van der Waals surface area contributed by atoms with Gasteiger partial charge in [-0.05, 0) is 24.7 Å². The highest BCUT2D eigenvalue weighted by Crippen LogP contribution is 2.33. The number of benzene rings is 1. The van der Waals surface area contributed by atoms with Gasteiger partial charge in [-0.3, -0.25) is 0 Å². The zero-order chi connectivity index (χ0) is 13.7. The minimum Gasteiger partial charge on any atom is -0.496 e. The summed E-state index contributed by atoms with van der Waals surface area (Å²) in [6.07, 6.45) is 0.158. The van der Waals surface area contributed by atoms with Crippen LogP contribution in [0.15, 0.2) is 18.2 Å². The van der Waals surface area contributed by atoms with E-state index >= 15 is 0 Å². The maximum Gasteiger partial charge on any atom is 0.123 e. The van der Waals surface area contributed by atoms with Crippen LogP contribution in [-0.2, 0) is 4.74 Å². The van der Waals surface area contributed by atoms with E-state index in [4.69, 9.17) is 21.1 Å². The van der Waals surface area contributed by atoms with E-state index in [9.17, 15) is 0 Å². The van der Waals surface area contributed by atoms with Crippen molar-refractivity contribution in [2.24, 2.45) is 0 Å². The Morgan fingerprint density at radius 1 is 1.58 bits per heavy atom. The molecule has 0 aromatic heterocycles. The van der Waals surface area contributed by atoms with Crippen LogP contribution in [0.25, 0.3) is 0 Å². The lowest BCUT2D eigenvalue weighted by Crippen LogP contribution is -2.38. The molecule has 1 aromatic rings. The molecule has 0 aliphatic carbocycles. The van der Waals surface area contributed by atoms with E-state index in [1.807, 2.05) is 30.0 Å². The van der Waals surface area contributed by atoms with Crippen LogP contribution in [0.4, 0.5) is 0 Å². The Balaban J connectivity index is 2.28. The summed E-state index contributed by atoms with van der Waals surface area (Å²) < 4.78 is 11.4. The van der Waals surface area contributed by atoms with Gasteiger partial charge < -0.3 is 14.8 Å². The van der Waals surface area contributed by atoms with Gasteiger partial charge in [0, 0.05) is 22.1 Å². The Morgan fingerprint density at radius 2 is 2.42 bits per heavy atom. The summed E-state index contributed by atoms with van der Waals surface area (Å²) in [5.74, 6) is 2.92. The van der Waals surface area contributed by atoms with Crippen molar-refractivity contribution in [3.8, 4) is 5.75 Å². The zero-order valence-corrected chi connectivity index (χ0v) is 12.9. The van der Waals surface area contributed by atoms with Crippen molar-refractivity contribution in [3.05, 3.63) is 28.8 Å². The van der Waals surface area contributed by atoms with Crippen molar-refractivity contribution >= 4 is 23.4 Å². The summed E-state index contributed by atoms with van der Waals surface area (Å²) in [7, 11) is 1.69. The number of halogens is 1. The molecular weight excluding hydrogens is 282 g/mol. The van der Waals surface area contributed by atoms with E-state index in [2.05, 4.69) is 12.2 Å². The van der Waals surface area contributed by atoms with Crippen LogP contribution in [0.2, 0.25) is 5.02 Å². The van der Waals surface area contributed by atoms with E-state index in [0.29, 0.717) is 0 Å². The fraction of sp³-hybridized carbons (Fsp3) is 0.571. The molecule has 1 N–H and O–H groups in total. The van der Waals surface area contributed by atoms with Gasteiger partial charge in [-0.25, -0.2) is 0 Å². The third-order valence-electron chi connectivity index (χ3n) is 3.16. The van der Waals surface area contributed by atoms with E-state index in [1.54, 1.807) is 7.11 Å². The summed E-state index contributed by atoms with van der Waals surface area (Å²) in [5, 5.41) is 4.22. The predicted molar refractivity (Wildman–Crippen MR) is 81.5 cm³/mol. The molecule has 19 heavy (non-hydrogen) atoms. The molecule has 5 heteroatoms. The van der Waals surface area contributed by atoms with E-state index < -0.39 is 0 Å². The van der Waals surface area contributed by atoms with Crippen LogP contribution in [0, 0.1) is 0 Å². The first-order valence-corrected chi connectivity index (χ1v) is 8.05. The van der Waals surface area contributed by atoms with Gasteiger partial charge in [0.05, 0.1) is 25.9 Å². The second-order valence-corrected chi connectivity index (χ2v) is 5.99. The Hall–Kier alpha value is -0.420. The molecular formula is C14H20ClNO2S. The van der Waals surface area contributed by atoms with Crippen LogP contribution < -0.4 is 10.1 Å². The lowest BCUT2D eigenvalue weighted by atomic mass is 10.0. The maximum atomic E-state index is 6.13.